The number of hydrogen-bond acceptors (Lipinski definition) is 4. The van der Waals surface area contributed by atoms with Gasteiger partial charge in [0.1, 0.15) is 0 Å². The highest BCUT2D eigenvalue weighted by Crippen LogP contribution is 2.17. The van der Waals surface area contributed by atoms with E-state index >= 15 is 0 Å². The van der Waals surface area contributed by atoms with Gasteiger partial charge in [0.05, 0.1) is 0 Å². The lowest BCUT2D eigenvalue weighted by Crippen LogP contribution is -2.20. The van der Waals surface area contributed by atoms with Crippen LogP contribution in [0.3, 0.4) is 0 Å². The van der Waals surface area contributed by atoms with Gasteiger partial charge in [-0.2, -0.15) is 11.8 Å². The first-order chi connectivity index (χ1) is 7.34. The second-order valence-corrected chi connectivity index (χ2v) is 5.58. The third kappa shape index (κ3) is 5.56. The molecule has 1 atom stereocenters. The predicted molar refractivity (Wildman–Crippen MR) is 69.8 cm³/mol. The van der Waals surface area contributed by atoms with Crippen molar-refractivity contribution in [2.45, 2.75) is 19.4 Å². The van der Waals surface area contributed by atoms with Crippen molar-refractivity contribution in [3.63, 3.8) is 0 Å². The second kappa shape index (κ2) is 8.16. The molecular weight excluding hydrogens is 226 g/mol. The maximum atomic E-state index is 8.61. The molecule has 0 spiro atoms. The lowest BCUT2D eigenvalue weighted by molar-refractivity contribution is 0.296. The van der Waals surface area contributed by atoms with E-state index in [4.69, 9.17) is 5.11 Å². The maximum absolute atomic E-state index is 8.61. The Morgan fingerprint density at radius 2 is 2.40 bits per heavy atom. The molecule has 0 aliphatic carbocycles. The monoisotopic (exact) mass is 245 g/mol. The first kappa shape index (κ1) is 13.0. The van der Waals surface area contributed by atoms with Crippen LogP contribution in [0, 0.1) is 0 Å². The first-order valence-corrected chi connectivity index (χ1v) is 7.33. The summed E-state index contributed by atoms with van der Waals surface area (Å²) in [6.45, 7) is 3.55. The molecule has 15 heavy (non-hydrogen) atoms. The van der Waals surface area contributed by atoms with E-state index in [1.165, 1.54) is 4.88 Å². The van der Waals surface area contributed by atoms with Gasteiger partial charge in [0.15, 0.2) is 0 Å². The molecule has 0 aliphatic rings. The van der Waals surface area contributed by atoms with Crippen molar-refractivity contribution in [2.24, 2.45) is 0 Å². The third-order valence-electron chi connectivity index (χ3n) is 2.11. The van der Waals surface area contributed by atoms with Gasteiger partial charge in [-0.25, -0.2) is 0 Å². The van der Waals surface area contributed by atoms with E-state index in [0.717, 1.165) is 24.5 Å². The summed E-state index contributed by atoms with van der Waals surface area (Å²) in [5.74, 6) is 2.18. The van der Waals surface area contributed by atoms with E-state index in [2.05, 4.69) is 29.8 Å². The molecule has 0 amide bonds. The summed E-state index contributed by atoms with van der Waals surface area (Å²) in [5.41, 5.74) is 0. The molecule has 1 unspecified atom stereocenters. The fourth-order valence-corrected chi connectivity index (χ4v) is 2.81. The summed E-state index contributed by atoms with van der Waals surface area (Å²) in [6.07, 6.45) is 0.908. The highest BCUT2D eigenvalue weighted by molar-refractivity contribution is 7.99. The number of hydrogen-bond donors (Lipinski definition) is 2. The topological polar surface area (TPSA) is 32.3 Å². The number of thioether (sulfide) groups is 1. The van der Waals surface area contributed by atoms with Crippen molar-refractivity contribution in [1.82, 2.24) is 5.32 Å². The van der Waals surface area contributed by atoms with E-state index in [-0.39, 0.29) is 0 Å². The Hall–Kier alpha value is -0.0300. The molecule has 0 aliphatic heterocycles. The molecule has 1 aromatic heterocycles. The van der Waals surface area contributed by atoms with Gasteiger partial charge in [-0.1, -0.05) is 6.07 Å². The van der Waals surface area contributed by atoms with Crippen molar-refractivity contribution in [3.05, 3.63) is 22.4 Å². The van der Waals surface area contributed by atoms with Crippen molar-refractivity contribution in [2.75, 3.05) is 24.7 Å². The molecule has 1 rings (SSSR count). The minimum Gasteiger partial charge on any atom is -0.396 e. The summed E-state index contributed by atoms with van der Waals surface area (Å²) < 4.78 is 0. The average molecular weight is 245 g/mol. The van der Waals surface area contributed by atoms with Crippen LogP contribution in [-0.4, -0.2) is 29.8 Å². The van der Waals surface area contributed by atoms with Crippen LogP contribution in [0.2, 0.25) is 0 Å². The highest BCUT2D eigenvalue weighted by Gasteiger charge is 2.03. The van der Waals surface area contributed by atoms with Gasteiger partial charge in [0.2, 0.25) is 0 Å². The van der Waals surface area contributed by atoms with Gasteiger partial charge in [0, 0.05) is 29.8 Å². The SMILES string of the molecule is CC(NCCSCCCO)c1cccs1. The number of aliphatic hydroxyl groups excluding tert-OH is 1. The lowest BCUT2D eigenvalue weighted by atomic mass is 10.3. The number of nitrogens with one attached hydrogen (secondary N) is 1. The van der Waals surface area contributed by atoms with Gasteiger partial charge in [-0.05, 0) is 30.5 Å². The van der Waals surface area contributed by atoms with Gasteiger partial charge < -0.3 is 10.4 Å². The first-order valence-electron chi connectivity index (χ1n) is 5.30. The summed E-state index contributed by atoms with van der Waals surface area (Å²) in [6, 6.07) is 4.72. The molecule has 86 valence electrons. The molecule has 1 aromatic rings. The van der Waals surface area contributed by atoms with Crippen molar-refractivity contribution in [1.29, 1.82) is 0 Å². The van der Waals surface area contributed by atoms with Gasteiger partial charge >= 0.3 is 0 Å². The van der Waals surface area contributed by atoms with Crippen LogP contribution < -0.4 is 5.32 Å². The summed E-state index contributed by atoms with van der Waals surface area (Å²) >= 11 is 3.70. The normalized spacial score (nSPS) is 12.9. The van der Waals surface area contributed by atoms with Crippen LogP contribution in [0.4, 0.5) is 0 Å². The van der Waals surface area contributed by atoms with Crippen LogP contribution in [0.15, 0.2) is 17.5 Å². The summed E-state index contributed by atoms with van der Waals surface area (Å²) in [5, 5.41) is 14.2. The molecule has 4 heteroatoms. The Balaban J connectivity index is 2.00. The average Bonchev–Trinajstić information content (AvgIpc) is 2.76. The van der Waals surface area contributed by atoms with Gasteiger partial charge in [0.25, 0.3) is 0 Å². The van der Waals surface area contributed by atoms with E-state index in [1.54, 1.807) is 11.3 Å². The molecule has 0 saturated heterocycles. The van der Waals surface area contributed by atoms with Crippen LogP contribution in [0.5, 0.6) is 0 Å². The zero-order valence-corrected chi connectivity index (χ0v) is 10.7. The van der Waals surface area contributed by atoms with Crippen LogP contribution >= 0.6 is 23.1 Å². The molecule has 2 nitrogen and oxygen atoms in total. The van der Waals surface area contributed by atoms with Gasteiger partial charge in [-0.15, -0.1) is 11.3 Å². The smallest absolute Gasteiger partial charge is 0.0438 e. The zero-order chi connectivity index (χ0) is 10.9. The van der Waals surface area contributed by atoms with Crippen LogP contribution in [-0.2, 0) is 0 Å². The molecule has 0 bridgehead atoms. The van der Waals surface area contributed by atoms with Crippen molar-refractivity contribution in [3.8, 4) is 0 Å². The van der Waals surface area contributed by atoms with Crippen molar-refractivity contribution >= 4 is 23.1 Å². The third-order valence-corrected chi connectivity index (χ3v) is 4.24. The molecule has 0 aromatic carbocycles. The van der Waals surface area contributed by atoms with Gasteiger partial charge in [-0.3, -0.25) is 0 Å². The highest BCUT2D eigenvalue weighted by atomic mass is 32.2. The minimum atomic E-state index is 0.312. The van der Waals surface area contributed by atoms with Crippen LogP contribution in [0.25, 0.3) is 0 Å². The Kier molecular flexibility index (Phi) is 7.09. The Morgan fingerprint density at radius 3 is 3.07 bits per heavy atom. The summed E-state index contributed by atoms with van der Waals surface area (Å²) in [4.78, 5) is 1.40. The Labute approximate surface area is 100 Å². The van der Waals surface area contributed by atoms with E-state index < -0.39 is 0 Å². The number of thiophene rings is 1. The summed E-state index contributed by atoms with van der Waals surface area (Å²) in [7, 11) is 0. The zero-order valence-electron chi connectivity index (χ0n) is 9.11. The Bertz CT molecular complexity index is 239. The molecule has 0 radical (unpaired) electrons. The molecule has 1 heterocycles. The van der Waals surface area contributed by atoms with Crippen molar-refractivity contribution < 1.29 is 5.11 Å². The molecule has 0 fully saturated rings. The van der Waals surface area contributed by atoms with E-state index in [9.17, 15) is 0 Å². The molecular formula is C11H19NOS2. The van der Waals surface area contributed by atoms with E-state index in [0.29, 0.717) is 12.6 Å². The fraction of sp³-hybridized carbons (Fsp3) is 0.636. The number of rotatable bonds is 8. The number of aliphatic hydroxyl groups is 1. The second-order valence-electron chi connectivity index (χ2n) is 3.38. The van der Waals surface area contributed by atoms with Crippen LogP contribution in [0.1, 0.15) is 24.3 Å². The lowest BCUT2D eigenvalue weighted by Gasteiger charge is -2.11. The standard InChI is InChI=1S/C11H19NOS2/c1-10(11-4-2-8-15-11)12-5-9-14-7-3-6-13/h2,4,8,10,12-13H,3,5-7,9H2,1H3. The fourth-order valence-electron chi connectivity index (χ4n) is 1.25. The van der Waals surface area contributed by atoms with E-state index in [1.807, 2.05) is 11.8 Å². The Morgan fingerprint density at radius 1 is 1.53 bits per heavy atom. The minimum absolute atomic E-state index is 0.312. The molecule has 2 N–H and O–H groups in total. The maximum Gasteiger partial charge on any atom is 0.0438 e. The predicted octanol–water partition coefficient (Wildman–Crippen LogP) is 2.51. The largest absolute Gasteiger partial charge is 0.396 e. The quantitative estimate of drug-likeness (QED) is 0.690. The molecule has 0 saturated carbocycles.